The number of nitrogen functional groups attached to an aromatic ring is 1. The van der Waals surface area contributed by atoms with E-state index in [2.05, 4.69) is 10.6 Å². The third kappa shape index (κ3) is 13.5. The molecule has 0 radical (unpaired) electrons. The normalized spacial score (nSPS) is 13.2. The molecular formula is C33H38F3N5O10. The first kappa shape index (κ1) is 41.2. The fraction of sp³-hybridized carbons (Fsp3) is 0.364. The molecule has 18 heteroatoms. The molecule has 15 nitrogen and oxygen atoms in total. The molecule has 0 saturated carbocycles. The van der Waals surface area contributed by atoms with E-state index in [0.29, 0.717) is 18.7 Å². The van der Waals surface area contributed by atoms with E-state index in [4.69, 9.17) is 30.5 Å². The maximum atomic E-state index is 13.1. The number of amides is 3. The lowest BCUT2D eigenvalue weighted by molar-refractivity contribution is -0.192. The van der Waals surface area contributed by atoms with Gasteiger partial charge in [-0.1, -0.05) is 12.1 Å². The Hall–Kier alpha value is -5.94. The van der Waals surface area contributed by atoms with Crippen molar-refractivity contribution < 1.29 is 61.6 Å². The van der Waals surface area contributed by atoms with Crippen LogP contribution in [0.25, 0.3) is 6.08 Å². The Balaban J connectivity index is 0.00000116. The minimum absolute atomic E-state index is 0.0953. The summed E-state index contributed by atoms with van der Waals surface area (Å²) < 4.78 is 42.8. The van der Waals surface area contributed by atoms with Crippen LogP contribution >= 0.6 is 0 Å². The number of hydrogen-bond acceptors (Lipinski definition) is 9. The number of esters is 1. The zero-order valence-corrected chi connectivity index (χ0v) is 27.7. The number of nitrogens with one attached hydrogen (secondary N) is 3. The number of benzene rings is 2. The molecule has 1 fully saturated rings. The number of hydrogen-bond donors (Lipinski definition) is 6. The minimum Gasteiger partial charge on any atom is -0.491 e. The second kappa shape index (κ2) is 19.3. The topological polar surface area (TPSA) is 239 Å². The monoisotopic (exact) mass is 721 g/mol. The first-order valence-electron chi connectivity index (χ1n) is 15.4. The van der Waals surface area contributed by atoms with Gasteiger partial charge in [-0.15, -0.1) is 0 Å². The highest BCUT2D eigenvalue weighted by Gasteiger charge is 2.38. The highest BCUT2D eigenvalue weighted by Crippen LogP contribution is 2.25. The molecule has 7 N–H and O–H groups in total. The van der Waals surface area contributed by atoms with Crippen molar-refractivity contribution in [2.24, 2.45) is 5.73 Å². The molecular weight excluding hydrogens is 683 g/mol. The molecule has 2 aromatic rings. The van der Waals surface area contributed by atoms with Crippen LogP contribution < -0.4 is 21.1 Å². The number of carboxylic acid groups (broad SMARTS) is 2. The summed E-state index contributed by atoms with van der Waals surface area (Å²) in [6, 6.07) is 9.75. The van der Waals surface area contributed by atoms with E-state index in [-0.39, 0.29) is 59.4 Å². The molecule has 0 unspecified atom stereocenters. The maximum Gasteiger partial charge on any atom is 0.490 e. The first-order valence-corrected chi connectivity index (χ1v) is 15.4. The maximum absolute atomic E-state index is 13.1. The van der Waals surface area contributed by atoms with Crippen LogP contribution in [0.4, 0.5) is 13.2 Å². The molecule has 3 amide bonds. The molecule has 1 atom stereocenters. The first-order chi connectivity index (χ1) is 24.0. The van der Waals surface area contributed by atoms with Crippen molar-refractivity contribution in [3.05, 3.63) is 70.3 Å². The Morgan fingerprint density at radius 3 is 2.08 bits per heavy atom. The lowest BCUT2D eigenvalue weighted by Gasteiger charge is -2.20. The Morgan fingerprint density at radius 2 is 1.57 bits per heavy atom. The number of carbonyl (C=O) groups excluding carboxylic acids is 4. The number of halogens is 3. The van der Waals surface area contributed by atoms with Gasteiger partial charge in [0, 0.05) is 48.0 Å². The van der Waals surface area contributed by atoms with Gasteiger partial charge in [-0.05, 0) is 56.2 Å². The average Bonchev–Trinajstić information content (AvgIpc) is 3.62. The molecule has 51 heavy (non-hydrogen) atoms. The average molecular weight is 722 g/mol. The van der Waals surface area contributed by atoms with Gasteiger partial charge < -0.3 is 41.0 Å². The van der Waals surface area contributed by atoms with E-state index in [1.807, 2.05) is 0 Å². The number of likely N-dealkylation sites (tertiary alicyclic amines) is 1. The van der Waals surface area contributed by atoms with Gasteiger partial charge in [0.25, 0.3) is 11.8 Å². The van der Waals surface area contributed by atoms with Crippen molar-refractivity contribution in [2.75, 3.05) is 33.4 Å². The van der Waals surface area contributed by atoms with Crippen LogP contribution in [0, 0.1) is 5.41 Å². The smallest absolute Gasteiger partial charge is 0.490 e. The second-order valence-electron chi connectivity index (χ2n) is 10.9. The van der Waals surface area contributed by atoms with Crippen LogP contribution in [0.1, 0.15) is 64.4 Å². The number of carboxylic acids is 2. The van der Waals surface area contributed by atoms with Gasteiger partial charge in [0.2, 0.25) is 5.91 Å². The van der Waals surface area contributed by atoms with E-state index in [1.54, 1.807) is 24.0 Å². The van der Waals surface area contributed by atoms with Gasteiger partial charge in [-0.25, -0.2) is 9.59 Å². The Labute approximate surface area is 290 Å². The number of ether oxygens (including phenoxy) is 2. The number of carbonyl (C=O) groups is 6. The molecule has 2 aromatic carbocycles. The highest BCUT2D eigenvalue weighted by atomic mass is 19.4. The zero-order valence-electron chi connectivity index (χ0n) is 27.7. The number of amidine groups is 1. The van der Waals surface area contributed by atoms with Crippen LogP contribution in [0.15, 0.2) is 48.0 Å². The molecule has 1 saturated heterocycles. The Bertz CT molecular complexity index is 1640. The van der Waals surface area contributed by atoms with Crippen molar-refractivity contribution >= 4 is 47.5 Å². The molecule has 0 aliphatic carbocycles. The number of aliphatic carboxylic acids is 2. The molecule has 1 aliphatic heterocycles. The molecule has 276 valence electrons. The molecule has 0 aromatic heterocycles. The number of nitrogens with two attached hydrogens (primary N) is 1. The van der Waals surface area contributed by atoms with E-state index < -0.39 is 48.4 Å². The fourth-order valence-corrected chi connectivity index (χ4v) is 4.48. The van der Waals surface area contributed by atoms with Crippen LogP contribution in [-0.4, -0.2) is 102 Å². The van der Waals surface area contributed by atoms with E-state index in [1.165, 1.54) is 43.5 Å². The van der Waals surface area contributed by atoms with E-state index in [0.717, 1.165) is 12.8 Å². The van der Waals surface area contributed by atoms with Crippen molar-refractivity contribution in [1.29, 1.82) is 5.41 Å². The summed E-state index contributed by atoms with van der Waals surface area (Å²) >= 11 is 0. The lowest BCUT2D eigenvalue weighted by atomic mass is 10.0. The number of nitrogens with zero attached hydrogens (tertiary/aromatic N) is 1. The molecule has 1 heterocycles. The molecule has 0 bridgehead atoms. The van der Waals surface area contributed by atoms with Crippen LogP contribution in [0.3, 0.4) is 0 Å². The van der Waals surface area contributed by atoms with Gasteiger partial charge in [-0.3, -0.25) is 24.6 Å². The van der Waals surface area contributed by atoms with E-state index >= 15 is 0 Å². The summed E-state index contributed by atoms with van der Waals surface area (Å²) in [5.41, 5.74) is 6.72. The van der Waals surface area contributed by atoms with Crippen molar-refractivity contribution in [3.63, 3.8) is 0 Å². The number of alkyl halides is 3. The highest BCUT2D eigenvalue weighted by molar-refractivity contribution is 6.00. The van der Waals surface area contributed by atoms with Gasteiger partial charge in [-0.2, -0.15) is 13.2 Å². The summed E-state index contributed by atoms with van der Waals surface area (Å²) in [6.07, 6.45) is -2.53. The summed E-state index contributed by atoms with van der Waals surface area (Å²) in [7, 11) is 1.39. The van der Waals surface area contributed by atoms with Gasteiger partial charge in [0.1, 0.15) is 18.2 Å². The molecule has 3 rings (SSSR count). The van der Waals surface area contributed by atoms with E-state index in [9.17, 15) is 42.3 Å². The predicted molar refractivity (Wildman–Crippen MR) is 175 cm³/mol. The quantitative estimate of drug-likeness (QED) is 0.0717. The lowest BCUT2D eigenvalue weighted by Crippen LogP contribution is -2.41. The summed E-state index contributed by atoms with van der Waals surface area (Å²) in [5.74, 6) is -5.92. The predicted octanol–water partition coefficient (Wildman–Crippen LogP) is 2.57. The largest absolute Gasteiger partial charge is 0.491 e. The van der Waals surface area contributed by atoms with Gasteiger partial charge in [0.05, 0.1) is 25.5 Å². The zero-order chi connectivity index (χ0) is 38.3. The third-order valence-electron chi connectivity index (χ3n) is 7.08. The van der Waals surface area contributed by atoms with Crippen molar-refractivity contribution in [3.8, 4) is 5.75 Å². The molecule has 1 aliphatic rings. The van der Waals surface area contributed by atoms with Crippen molar-refractivity contribution in [2.45, 2.75) is 44.8 Å². The van der Waals surface area contributed by atoms with Gasteiger partial charge >= 0.3 is 24.1 Å². The second-order valence-corrected chi connectivity index (χ2v) is 10.9. The van der Waals surface area contributed by atoms with Crippen LogP contribution in [0.2, 0.25) is 0 Å². The number of rotatable bonds is 14. The summed E-state index contributed by atoms with van der Waals surface area (Å²) in [6.45, 7) is 2.95. The summed E-state index contributed by atoms with van der Waals surface area (Å²) in [5, 5.41) is 29.7. The third-order valence-corrected chi connectivity index (χ3v) is 7.08. The van der Waals surface area contributed by atoms with Crippen molar-refractivity contribution in [1.82, 2.24) is 15.5 Å². The summed E-state index contributed by atoms with van der Waals surface area (Å²) in [4.78, 5) is 72.5. The Kier molecular flexibility index (Phi) is 15.6. The van der Waals surface area contributed by atoms with Crippen LogP contribution in [-0.2, 0) is 23.9 Å². The minimum atomic E-state index is -5.08. The standard InChI is InChI=1S/C31H37N5O8.C2HF3O2/c1-3-43-27(38)17-24(35-29(39)19-6-8-20(9-7-19)30(40)36-12-4-5-13-36)18-44-25-15-22(28(32)33)11-10-21(25)14-23(31(41)42)16-26(37)34-2;3-2(4,5)1(6)7/h6-11,14-15,24H,3-5,12-13,16-18H2,1-2H3,(H3,32,33)(H,34,37)(H,35,39)(H,41,42);(H,6,7)/t24-;/m1./s1. The molecule has 0 spiro atoms. The Morgan fingerprint density at radius 1 is 1.00 bits per heavy atom. The fourth-order valence-electron chi connectivity index (χ4n) is 4.48. The van der Waals surface area contributed by atoms with Gasteiger partial charge in [0.15, 0.2) is 0 Å². The van der Waals surface area contributed by atoms with Crippen LogP contribution in [0.5, 0.6) is 5.75 Å². The SMILES string of the molecule is CCOC(=O)C[C@H](COc1cc(C(=N)N)ccc1C=C(CC(=O)NC)C(=O)O)NC(=O)c1ccc(C(=O)N2CCCC2)cc1.O=C(O)C(F)(F)F.